The van der Waals surface area contributed by atoms with E-state index in [0.29, 0.717) is 17.1 Å². The largest absolute Gasteiger partial charge is 0.352 e. The summed E-state index contributed by atoms with van der Waals surface area (Å²) in [6, 6.07) is 12.9. The number of carbonyl (C=O) groups is 1. The Morgan fingerprint density at radius 3 is 2.71 bits per heavy atom. The number of amides is 1. The smallest absolute Gasteiger partial charge is 0.251 e. The summed E-state index contributed by atoms with van der Waals surface area (Å²) in [7, 11) is 0. The summed E-state index contributed by atoms with van der Waals surface area (Å²) in [5.74, 6) is 0.690. The highest BCUT2D eigenvalue weighted by molar-refractivity contribution is 6.31. The molecule has 0 atom stereocenters. The summed E-state index contributed by atoms with van der Waals surface area (Å²) in [6.45, 7) is 2.51. The maximum Gasteiger partial charge on any atom is 0.251 e. The van der Waals surface area contributed by atoms with Gasteiger partial charge in [-0.2, -0.15) is 0 Å². The molecule has 21 heavy (non-hydrogen) atoms. The number of halogens is 1. The van der Waals surface area contributed by atoms with Crippen molar-refractivity contribution >= 4 is 28.5 Å². The molecule has 0 aliphatic carbocycles. The van der Waals surface area contributed by atoms with E-state index < -0.39 is 0 Å². The molecule has 0 fully saturated rings. The van der Waals surface area contributed by atoms with Gasteiger partial charge in [0.2, 0.25) is 0 Å². The number of hydrogen-bond acceptors (Lipinski definition) is 2. The van der Waals surface area contributed by atoms with Gasteiger partial charge in [-0.1, -0.05) is 23.7 Å². The van der Waals surface area contributed by atoms with Gasteiger partial charge in [-0.15, -0.1) is 0 Å². The van der Waals surface area contributed by atoms with Crippen LogP contribution >= 0.6 is 11.6 Å². The van der Waals surface area contributed by atoms with Crippen LogP contribution in [0.2, 0.25) is 5.02 Å². The number of carbonyl (C=O) groups excluding carboxylic acids is 1. The molecule has 2 N–H and O–H groups in total. The number of nitrogens with one attached hydrogen (secondary N) is 2. The molecule has 3 aromatic rings. The van der Waals surface area contributed by atoms with E-state index in [1.54, 1.807) is 12.1 Å². The zero-order chi connectivity index (χ0) is 14.8. The summed E-state index contributed by atoms with van der Waals surface area (Å²) in [5, 5.41) is 3.44. The highest BCUT2D eigenvalue weighted by atomic mass is 35.5. The van der Waals surface area contributed by atoms with E-state index in [1.165, 1.54) is 0 Å². The van der Waals surface area contributed by atoms with Crippen LogP contribution in [0, 0.1) is 0 Å². The SMILES string of the molecule is CCNC(=O)c1ccc(-c2nc3ccc(Cl)cc3[nH]2)cc1. The number of benzene rings is 2. The van der Waals surface area contributed by atoms with E-state index in [-0.39, 0.29) is 5.91 Å². The molecule has 0 saturated heterocycles. The average Bonchev–Trinajstić information content (AvgIpc) is 2.90. The zero-order valence-corrected chi connectivity index (χ0v) is 12.2. The molecule has 0 aliphatic rings. The maximum atomic E-state index is 11.7. The van der Waals surface area contributed by atoms with Gasteiger partial charge in [-0.25, -0.2) is 4.98 Å². The molecule has 0 aliphatic heterocycles. The lowest BCUT2D eigenvalue weighted by Crippen LogP contribution is -2.22. The van der Waals surface area contributed by atoms with Crippen LogP contribution in [0.3, 0.4) is 0 Å². The Labute approximate surface area is 127 Å². The first-order valence-electron chi connectivity index (χ1n) is 6.71. The average molecular weight is 300 g/mol. The zero-order valence-electron chi connectivity index (χ0n) is 11.5. The summed E-state index contributed by atoms with van der Waals surface area (Å²) < 4.78 is 0. The fourth-order valence-corrected chi connectivity index (χ4v) is 2.33. The first kappa shape index (κ1) is 13.6. The van der Waals surface area contributed by atoms with Crippen molar-refractivity contribution in [2.45, 2.75) is 6.92 Å². The number of imidazole rings is 1. The minimum Gasteiger partial charge on any atom is -0.352 e. The van der Waals surface area contributed by atoms with Crippen molar-refractivity contribution in [3.05, 3.63) is 53.1 Å². The third-order valence-electron chi connectivity index (χ3n) is 3.20. The third kappa shape index (κ3) is 2.76. The summed E-state index contributed by atoms with van der Waals surface area (Å²) in [5.41, 5.74) is 3.32. The van der Waals surface area contributed by atoms with Crippen LogP contribution < -0.4 is 5.32 Å². The molecule has 5 heteroatoms. The Kier molecular flexibility index (Phi) is 3.62. The van der Waals surface area contributed by atoms with E-state index in [9.17, 15) is 4.79 Å². The van der Waals surface area contributed by atoms with Gasteiger partial charge in [0.1, 0.15) is 5.82 Å². The van der Waals surface area contributed by atoms with Crippen molar-refractivity contribution in [1.82, 2.24) is 15.3 Å². The topological polar surface area (TPSA) is 57.8 Å². The van der Waals surface area contributed by atoms with Crippen LogP contribution in [0.15, 0.2) is 42.5 Å². The highest BCUT2D eigenvalue weighted by Crippen LogP contribution is 2.23. The van der Waals surface area contributed by atoms with Crippen LogP contribution in [0.25, 0.3) is 22.4 Å². The van der Waals surface area contributed by atoms with E-state index >= 15 is 0 Å². The number of rotatable bonds is 3. The predicted molar refractivity (Wildman–Crippen MR) is 84.5 cm³/mol. The maximum absolute atomic E-state index is 11.7. The molecule has 1 amide bonds. The van der Waals surface area contributed by atoms with Crippen molar-refractivity contribution in [2.75, 3.05) is 6.54 Å². The van der Waals surface area contributed by atoms with Gasteiger partial charge in [0.15, 0.2) is 0 Å². The molecule has 0 bridgehead atoms. The second kappa shape index (κ2) is 5.58. The molecule has 0 saturated carbocycles. The minimum absolute atomic E-state index is 0.0690. The van der Waals surface area contributed by atoms with Gasteiger partial charge in [0, 0.05) is 22.7 Å². The molecule has 0 spiro atoms. The van der Waals surface area contributed by atoms with Crippen molar-refractivity contribution < 1.29 is 4.79 Å². The third-order valence-corrected chi connectivity index (χ3v) is 3.44. The van der Waals surface area contributed by atoms with Gasteiger partial charge < -0.3 is 10.3 Å². The first-order valence-corrected chi connectivity index (χ1v) is 7.09. The quantitative estimate of drug-likeness (QED) is 0.776. The van der Waals surface area contributed by atoms with E-state index in [1.807, 2.05) is 37.3 Å². The van der Waals surface area contributed by atoms with Crippen LogP contribution in [0.4, 0.5) is 0 Å². The minimum atomic E-state index is -0.0690. The van der Waals surface area contributed by atoms with E-state index in [0.717, 1.165) is 22.4 Å². The Hall–Kier alpha value is -2.33. The first-order chi connectivity index (χ1) is 10.2. The fraction of sp³-hybridized carbons (Fsp3) is 0.125. The summed E-state index contributed by atoms with van der Waals surface area (Å²) >= 11 is 5.97. The van der Waals surface area contributed by atoms with E-state index in [4.69, 9.17) is 11.6 Å². The monoisotopic (exact) mass is 299 g/mol. The fourth-order valence-electron chi connectivity index (χ4n) is 2.16. The Morgan fingerprint density at radius 2 is 2.00 bits per heavy atom. The van der Waals surface area contributed by atoms with Gasteiger partial charge in [0.05, 0.1) is 11.0 Å². The lowest BCUT2D eigenvalue weighted by molar-refractivity contribution is 0.0956. The molecule has 3 rings (SSSR count). The van der Waals surface area contributed by atoms with Crippen molar-refractivity contribution in [3.63, 3.8) is 0 Å². The lowest BCUT2D eigenvalue weighted by Gasteiger charge is -2.02. The molecule has 2 aromatic carbocycles. The normalized spacial score (nSPS) is 10.8. The van der Waals surface area contributed by atoms with Gasteiger partial charge in [0.25, 0.3) is 5.91 Å². The van der Waals surface area contributed by atoms with Crippen molar-refractivity contribution in [1.29, 1.82) is 0 Å². The van der Waals surface area contributed by atoms with Crippen LogP contribution in [-0.2, 0) is 0 Å². The van der Waals surface area contributed by atoms with Crippen LogP contribution in [0.5, 0.6) is 0 Å². The number of aromatic nitrogens is 2. The highest BCUT2D eigenvalue weighted by Gasteiger charge is 2.08. The number of fused-ring (bicyclic) bond motifs is 1. The van der Waals surface area contributed by atoms with Crippen molar-refractivity contribution in [3.8, 4) is 11.4 Å². The van der Waals surface area contributed by atoms with Gasteiger partial charge in [-0.3, -0.25) is 4.79 Å². The molecular weight excluding hydrogens is 286 g/mol. The van der Waals surface area contributed by atoms with Crippen molar-refractivity contribution in [2.24, 2.45) is 0 Å². The Morgan fingerprint density at radius 1 is 1.24 bits per heavy atom. The molecule has 0 unspecified atom stereocenters. The molecule has 4 nitrogen and oxygen atoms in total. The van der Waals surface area contributed by atoms with Crippen LogP contribution in [0.1, 0.15) is 17.3 Å². The standard InChI is InChI=1S/C16H14ClN3O/c1-2-18-16(21)11-5-3-10(4-6-11)15-19-13-8-7-12(17)9-14(13)20-15/h3-9H,2H2,1H3,(H,18,21)(H,19,20). The summed E-state index contributed by atoms with van der Waals surface area (Å²) in [6.07, 6.45) is 0. The second-order valence-corrected chi connectivity index (χ2v) is 5.12. The lowest BCUT2D eigenvalue weighted by atomic mass is 10.1. The predicted octanol–water partition coefficient (Wildman–Crippen LogP) is 3.63. The number of nitrogens with zero attached hydrogens (tertiary/aromatic N) is 1. The number of hydrogen-bond donors (Lipinski definition) is 2. The second-order valence-electron chi connectivity index (χ2n) is 4.68. The number of aromatic amines is 1. The van der Waals surface area contributed by atoms with E-state index in [2.05, 4.69) is 15.3 Å². The van der Waals surface area contributed by atoms with Gasteiger partial charge >= 0.3 is 0 Å². The molecule has 106 valence electrons. The Bertz CT molecular complexity index is 793. The number of H-pyrrole nitrogens is 1. The molecular formula is C16H14ClN3O. The summed E-state index contributed by atoms with van der Waals surface area (Å²) in [4.78, 5) is 19.5. The van der Waals surface area contributed by atoms with Gasteiger partial charge in [-0.05, 0) is 37.3 Å². The molecule has 0 radical (unpaired) electrons. The van der Waals surface area contributed by atoms with Crippen LogP contribution in [-0.4, -0.2) is 22.4 Å². The Balaban J connectivity index is 1.93. The molecule has 1 heterocycles. The molecule has 1 aromatic heterocycles.